The van der Waals surface area contributed by atoms with Gasteiger partial charge in [0.2, 0.25) is 8.32 Å². The molecule has 0 spiro atoms. The molecule has 0 aliphatic heterocycles. The first-order valence-electron chi connectivity index (χ1n) is 5.97. The van der Waals surface area contributed by atoms with Gasteiger partial charge in [-0.1, -0.05) is 50.3 Å². The van der Waals surface area contributed by atoms with Crippen LogP contribution >= 0.6 is 0 Å². The summed E-state index contributed by atoms with van der Waals surface area (Å²) in [6.07, 6.45) is 4.22. The summed E-state index contributed by atoms with van der Waals surface area (Å²) in [6, 6.07) is 8.57. The zero-order valence-electron chi connectivity index (χ0n) is 10.6. The molecule has 0 bridgehead atoms. The normalized spacial score (nSPS) is 11.4. The lowest BCUT2D eigenvalue weighted by molar-refractivity contribution is 0.307. The van der Waals surface area contributed by atoms with Gasteiger partial charge in [0.25, 0.3) is 0 Å². The Morgan fingerprint density at radius 1 is 1.25 bits per heavy atom. The molecule has 0 saturated heterocycles. The Balaban J connectivity index is 2.68. The molecule has 0 saturated carbocycles. The van der Waals surface area contributed by atoms with Gasteiger partial charge in [0.1, 0.15) is 0 Å². The maximum absolute atomic E-state index is 6.04. The summed E-state index contributed by atoms with van der Waals surface area (Å²) >= 11 is 0. The lowest BCUT2D eigenvalue weighted by Gasteiger charge is -2.23. The van der Waals surface area contributed by atoms with Crippen LogP contribution in [-0.4, -0.2) is 14.9 Å². The molecule has 1 aromatic rings. The average Bonchev–Trinajstić information content (AvgIpc) is 2.29. The van der Waals surface area contributed by atoms with Crippen LogP contribution in [0.4, 0.5) is 0 Å². The summed E-state index contributed by atoms with van der Waals surface area (Å²) in [6.45, 7) is 11.4. The van der Waals surface area contributed by atoms with Crippen molar-refractivity contribution in [3.63, 3.8) is 0 Å². The van der Waals surface area contributed by atoms with E-state index in [9.17, 15) is 0 Å². The molecule has 0 N–H and O–H groups in total. The van der Waals surface area contributed by atoms with Crippen molar-refractivity contribution in [3.05, 3.63) is 36.4 Å². The van der Waals surface area contributed by atoms with E-state index in [1.807, 2.05) is 6.08 Å². The standard InChI is InChI=1S/C14H22OSi/c1-5-7-12-15-16(3,4)14-10-8-13(6-2)9-11-14/h6,8-11H,2,5,7,12H2,1,3-4H3. The number of unbranched alkanes of at least 4 members (excludes halogenated alkanes) is 1. The molecule has 16 heavy (non-hydrogen) atoms. The molecule has 0 heterocycles. The fraction of sp³-hybridized carbons (Fsp3) is 0.429. The molecular formula is C14H22OSi. The Morgan fingerprint density at radius 3 is 2.38 bits per heavy atom. The summed E-state index contributed by atoms with van der Waals surface area (Å²) in [5.74, 6) is 0. The third-order valence-corrected chi connectivity index (χ3v) is 5.45. The topological polar surface area (TPSA) is 9.23 Å². The number of hydrogen-bond acceptors (Lipinski definition) is 1. The highest BCUT2D eigenvalue weighted by molar-refractivity contribution is 6.84. The van der Waals surface area contributed by atoms with Crippen LogP contribution in [0.2, 0.25) is 13.1 Å². The highest BCUT2D eigenvalue weighted by Gasteiger charge is 2.24. The fourth-order valence-electron chi connectivity index (χ4n) is 1.58. The van der Waals surface area contributed by atoms with E-state index in [0.29, 0.717) is 0 Å². The lowest BCUT2D eigenvalue weighted by Crippen LogP contribution is -2.44. The predicted molar refractivity (Wildman–Crippen MR) is 74.5 cm³/mol. The minimum atomic E-state index is -1.69. The van der Waals surface area contributed by atoms with Gasteiger partial charge in [-0.15, -0.1) is 0 Å². The van der Waals surface area contributed by atoms with E-state index in [4.69, 9.17) is 4.43 Å². The SMILES string of the molecule is C=Cc1ccc([Si](C)(C)OCCCC)cc1. The molecule has 0 aliphatic rings. The quantitative estimate of drug-likeness (QED) is 0.540. The van der Waals surface area contributed by atoms with Crippen LogP contribution < -0.4 is 5.19 Å². The second-order valence-electron chi connectivity index (χ2n) is 4.54. The second-order valence-corrected chi connectivity index (χ2v) is 8.43. The van der Waals surface area contributed by atoms with Crippen molar-refractivity contribution in [3.8, 4) is 0 Å². The van der Waals surface area contributed by atoms with Crippen molar-refractivity contribution in [2.75, 3.05) is 6.61 Å². The summed E-state index contributed by atoms with van der Waals surface area (Å²) < 4.78 is 6.04. The van der Waals surface area contributed by atoms with Crippen LogP contribution in [-0.2, 0) is 4.43 Å². The van der Waals surface area contributed by atoms with Crippen LogP contribution in [0.3, 0.4) is 0 Å². The van der Waals surface area contributed by atoms with Crippen LogP contribution in [0.15, 0.2) is 30.8 Å². The van der Waals surface area contributed by atoms with Gasteiger partial charge in [-0.2, -0.15) is 0 Å². The first-order valence-corrected chi connectivity index (χ1v) is 8.88. The Labute approximate surface area is 100 Å². The van der Waals surface area contributed by atoms with Crippen molar-refractivity contribution >= 4 is 19.6 Å². The monoisotopic (exact) mass is 234 g/mol. The Bertz CT molecular complexity index is 327. The number of rotatable bonds is 6. The van der Waals surface area contributed by atoms with E-state index in [1.165, 1.54) is 17.2 Å². The zero-order valence-corrected chi connectivity index (χ0v) is 11.6. The van der Waals surface area contributed by atoms with Crippen LogP contribution in [0.1, 0.15) is 25.3 Å². The van der Waals surface area contributed by atoms with E-state index in [0.717, 1.165) is 13.0 Å². The third kappa shape index (κ3) is 3.61. The summed E-state index contributed by atoms with van der Waals surface area (Å²) in [4.78, 5) is 0. The van der Waals surface area contributed by atoms with Crippen molar-refractivity contribution in [2.45, 2.75) is 32.9 Å². The van der Waals surface area contributed by atoms with Crippen LogP contribution in [0.5, 0.6) is 0 Å². The molecule has 0 amide bonds. The van der Waals surface area contributed by atoms with Crippen molar-refractivity contribution in [2.24, 2.45) is 0 Å². The fourth-order valence-corrected chi connectivity index (χ4v) is 3.37. The molecule has 0 unspecified atom stereocenters. The smallest absolute Gasteiger partial charge is 0.218 e. The zero-order chi connectivity index (χ0) is 12.0. The maximum Gasteiger partial charge on any atom is 0.218 e. The van der Waals surface area contributed by atoms with E-state index >= 15 is 0 Å². The number of hydrogen-bond donors (Lipinski definition) is 0. The molecule has 0 aliphatic carbocycles. The van der Waals surface area contributed by atoms with Gasteiger partial charge in [-0.3, -0.25) is 0 Å². The van der Waals surface area contributed by atoms with Gasteiger partial charge in [0.05, 0.1) is 0 Å². The van der Waals surface area contributed by atoms with Gasteiger partial charge >= 0.3 is 0 Å². The first-order chi connectivity index (χ1) is 7.60. The summed E-state index contributed by atoms with van der Waals surface area (Å²) in [5.41, 5.74) is 1.17. The summed E-state index contributed by atoms with van der Waals surface area (Å²) in [5, 5.41) is 1.36. The van der Waals surface area contributed by atoms with E-state index < -0.39 is 8.32 Å². The second kappa shape index (κ2) is 6.02. The van der Waals surface area contributed by atoms with Crippen molar-refractivity contribution < 1.29 is 4.43 Å². The molecule has 2 heteroatoms. The molecule has 1 nitrogen and oxygen atoms in total. The number of benzene rings is 1. The van der Waals surface area contributed by atoms with Gasteiger partial charge in [0.15, 0.2) is 0 Å². The van der Waals surface area contributed by atoms with Gasteiger partial charge < -0.3 is 4.43 Å². The lowest BCUT2D eigenvalue weighted by atomic mass is 10.2. The van der Waals surface area contributed by atoms with Gasteiger partial charge in [-0.05, 0) is 30.3 Å². The van der Waals surface area contributed by atoms with Gasteiger partial charge in [0, 0.05) is 6.61 Å². The van der Waals surface area contributed by atoms with Crippen molar-refractivity contribution in [1.82, 2.24) is 0 Å². The molecule has 0 fully saturated rings. The molecule has 1 rings (SSSR count). The highest BCUT2D eigenvalue weighted by atomic mass is 28.4. The van der Waals surface area contributed by atoms with Gasteiger partial charge in [-0.25, -0.2) is 0 Å². The molecular weight excluding hydrogens is 212 g/mol. The molecule has 1 aromatic carbocycles. The van der Waals surface area contributed by atoms with E-state index in [2.05, 4.69) is 50.9 Å². The predicted octanol–water partition coefficient (Wildman–Crippen LogP) is 3.56. The minimum Gasteiger partial charge on any atom is -0.413 e. The third-order valence-electron chi connectivity index (χ3n) is 2.80. The van der Waals surface area contributed by atoms with Crippen LogP contribution in [0, 0.1) is 0 Å². The Kier molecular flexibility index (Phi) is 4.96. The molecule has 88 valence electrons. The van der Waals surface area contributed by atoms with Crippen molar-refractivity contribution in [1.29, 1.82) is 0 Å². The van der Waals surface area contributed by atoms with E-state index in [1.54, 1.807) is 0 Å². The average molecular weight is 234 g/mol. The summed E-state index contributed by atoms with van der Waals surface area (Å²) in [7, 11) is -1.69. The Hall–Kier alpha value is -0.863. The minimum absolute atomic E-state index is 0.888. The largest absolute Gasteiger partial charge is 0.413 e. The van der Waals surface area contributed by atoms with E-state index in [-0.39, 0.29) is 0 Å². The maximum atomic E-state index is 6.04. The molecule has 0 atom stereocenters. The molecule has 0 aromatic heterocycles. The first kappa shape index (κ1) is 13.2. The van der Waals surface area contributed by atoms with Crippen LogP contribution in [0.25, 0.3) is 6.08 Å². The molecule has 0 radical (unpaired) electrons. The highest BCUT2D eigenvalue weighted by Crippen LogP contribution is 2.08. The Morgan fingerprint density at radius 2 is 1.88 bits per heavy atom.